The second kappa shape index (κ2) is 12.7. The Labute approximate surface area is 248 Å². The molecule has 0 saturated carbocycles. The lowest BCUT2D eigenvalue weighted by atomic mass is 9.86. The number of aryl methyl sites for hydroxylation is 1. The fourth-order valence-corrected chi connectivity index (χ4v) is 5.15. The summed E-state index contributed by atoms with van der Waals surface area (Å²) in [7, 11) is 1.06. The van der Waals surface area contributed by atoms with Gasteiger partial charge < -0.3 is 29.3 Å². The lowest BCUT2D eigenvalue weighted by molar-refractivity contribution is 0.102. The topological polar surface area (TPSA) is 117 Å². The predicted molar refractivity (Wildman–Crippen MR) is 167 cm³/mol. The standard InChI is InChI=1S/C29H43N5O5SSi/c1-18-12-13-19(28(2,3)4)16-21(18)39-27-31-20(17-40-27)23(35)32-22-24(36-8)33-26(34-25(22)37-9)30-14-15-38-41(10,11)29(5,6)7/h12-13,16-17H,14-15H2,1-11H3,(H,32,35)(H,30,33,34). The van der Waals surface area contributed by atoms with Crippen LogP contribution in [0.25, 0.3) is 0 Å². The van der Waals surface area contributed by atoms with Crippen molar-refractivity contribution in [1.82, 2.24) is 15.0 Å². The molecule has 1 amide bonds. The number of nitrogens with zero attached hydrogens (tertiary/aromatic N) is 3. The van der Waals surface area contributed by atoms with Crippen molar-refractivity contribution in [2.24, 2.45) is 0 Å². The lowest BCUT2D eigenvalue weighted by Gasteiger charge is -2.36. The number of carbonyl (C=O) groups excluding carboxylic acids is 1. The summed E-state index contributed by atoms with van der Waals surface area (Å²) in [4.78, 5) is 26.3. The first-order valence-corrected chi connectivity index (χ1v) is 17.3. The van der Waals surface area contributed by atoms with Crippen LogP contribution in [-0.2, 0) is 9.84 Å². The first-order valence-electron chi connectivity index (χ1n) is 13.5. The molecule has 2 aromatic heterocycles. The smallest absolute Gasteiger partial charge is 0.279 e. The maximum atomic E-state index is 13.1. The molecule has 0 aliphatic carbocycles. The van der Waals surface area contributed by atoms with E-state index < -0.39 is 14.2 Å². The Morgan fingerprint density at radius 1 is 1.00 bits per heavy atom. The van der Waals surface area contributed by atoms with Crippen molar-refractivity contribution >= 4 is 37.2 Å². The molecule has 0 aliphatic rings. The number of ether oxygens (including phenoxy) is 3. The van der Waals surface area contributed by atoms with Gasteiger partial charge in [0.25, 0.3) is 11.1 Å². The number of thiazole rings is 1. The molecular weight excluding hydrogens is 559 g/mol. The summed E-state index contributed by atoms with van der Waals surface area (Å²) in [5, 5.41) is 8.04. The van der Waals surface area contributed by atoms with Gasteiger partial charge >= 0.3 is 0 Å². The van der Waals surface area contributed by atoms with Gasteiger partial charge in [-0.2, -0.15) is 15.0 Å². The quantitative estimate of drug-likeness (QED) is 0.176. The summed E-state index contributed by atoms with van der Waals surface area (Å²) in [5.41, 5.74) is 2.48. The second-order valence-corrected chi connectivity index (χ2v) is 17.9. The normalized spacial score (nSPS) is 12.2. The number of methoxy groups -OCH3 is 2. The molecule has 3 rings (SSSR count). The van der Waals surface area contributed by atoms with Crippen LogP contribution in [0, 0.1) is 6.92 Å². The van der Waals surface area contributed by atoms with E-state index in [0.29, 0.717) is 30.0 Å². The molecule has 41 heavy (non-hydrogen) atoms. The van der Waals surface area contributed by atoms with Crippen molar-refractivity contribution in [1.29, 1.82) is 0 Å². The molecule has 0 spiro atoms. The van der Waals surface area contributed by atoms with E-state index in [4.69, 9.17) is 18.6 Å². The fraction of sp³-hybridized carbons (Fsp3) is 0.517. The van der Waals surface area contributed by atoms with Crippen LogP contribution in [0.5, 0.6) is 22.7 Å². The third-order valence-corrected chi connectivity index (χ3v) is 12.3. The van der Waals surface area contributed by atoms with Crippen molar-refractivity contribution in [3.05, 3.63) is 40.4 Å². The molecule has 0 bridgehead atoms. The van der Waals surface area contributed by atoms with Crippen molar-refractivity contribution in [2.75, 3.05) is 38.0 Å². The molecule has 3 aromatic rings. The van der Waals surface area contributed by atoms with E-state index in [9.17, 15) is 4.79 Å². The summed E-state index contributed by atoms with van der Waals surface area (Å²) in [6.07, 6.45) is 0. The van der Waals surface area contributed by atoms with E-state index in [-0.39, 0.29) is 33.6 Å². The Morgan fingerprint density at radius 2 is 1.63 bits per heavy atom. The average molecular weight is 602 g/mol. The minimum absolute atomic E-state index is 0.0243. The Balaban J connectivity index is 1.71. The zero-order valence-corrected chi connectivity index (χ0v) is 27.8. The Morgan fingerprint density at radius 3 is 2.20 bits per heavy atom. The summed E-state index contributed by atoms with van der Waals surface area (Å²) in [5.74, 6) is 0.833. The van der Waals surface area contributed by atoms with Gasteiger partial charge in [0.1, 0.15) is 11.4 Å². The number of aromatic nitrogens is 3. The number of carbonyl (C=O) groups is 1. The van der Waals surface area contributed by atoms with Crippen LogP contribution >= 0.6 is 11.3 Å². The van der Waals surface area contributed by atoms with Crippen LogP contribution in [0.4, 0.5) is 11.6 Å². The highest BCUT2D eigenvalue weighted by atomic mass is 32.1. The number of hydrogen-bond donors (Lipinski definition) is 2. The first kappa shape index (κ1) is 32.3. The van der Waals surface area contributed by atoms with Crippen LogP contribution in [0.3, 0.4) is 0 Å². The van der Waals surface area contributed by atoms with Gasteiger partial charge in [-0.1, -0.05) is 65.0 Å². The Hall–Kier alpha value is -3.22. The van der Waals surface area contributed by atoms with Gasteiger partial charge in [-0.3, -0.25) is 4.79 Å². The zero-order valence-electron chi connectivity index (χ0n) is 26.0. The Bertz CT molecular complexity index is 1340. The van der Waals surface area contributed by atoms with Crippen molar-refractivity contribution in [3.63, 3.8) is 0 Å². The van der Waals surface area contributed by atoms with Crippen LogP contribution in [0.15, 0.2) is 23.6 Å². The summed E-state index contributed by atoms with van der Waals surface area (Å²) < 4.78 is 23.2. The van der Waals surface area contributed by atoms with Gasteiger partial charge in [0, 0.05) is 11.9 Å². The zero-order chi connectivity index (χ0) is 30.6. The number of anilines is 2. The molecule has 12 heteroatoms. The maximum Gasteiger partial charge on any atom is 0.279 e. The molecule has 2 N–H and O–H groups in total. The third-order valence-electron chi connectivity index (χ3n) is 7.09. The molecule has 0 saturated heterocycles. The molecule has 0 unspecified atom stereocenters. The second-order valence-electron chi connectivity index (χ2n) is 12.3. The molecule has 0 fully saturated rings. The lowest BCUT2D eigenvalue weighted by Crippen LogP contribution is -2.41. The third kappa shape index (κ3) is 8.17. The summed E-state index contributed by atoms with van der Waals surface area (Å²) in [6, 6.07) is 6.13. The SMILES string of the molecule is COc1nc(NCCO[Si](C)(C)C(C)(C)C)nc(OC)c1NC(=O)c1csc(Oc2cc(C(C)(C)C)ccc2C)n1. The number of rotatable bonds is 11. The number of nitrogens with one attached hydrogen (secondary N) is 2. The first-order chi connectivity index (χ1) is 19.1. The van der Waals surface area contributed by atoms with Crippen LogP contribution in [0.2, 0.25) is 18.1 Å². The highest BCUT2D eigenvalue weighted by Gasteiger charge is 2.36. The molecule has 2 heterocycles. The van der Waals surface area contributed by atoms with E-state index in [1.165, 1.54) is 25.6 Å². The van der Waals surface area contributed by atoms with Gasteiger partial charge in [0.05, 0.1) is 20.8 Å². The van der Waals surface area contributed by atoms with Gasteiger partial charge in [0.2, 0.25) is 17.7 Å². The van der Waals surface area contributed by atoms with Crippen LogP contribution in [-0.4, -0.2) is 56.5 Å². The van der Waals surface area contributed by atoms with E-state index in [0.717, 1.165) is 11.1 Å². The highest BCUT2D eigenvalue weighted by Crippen LogP contribution is 2.37. The number of amides is 1. The maximum absolute atomic E-state index is 13.1. The average Bonchev–Trinajstić information content (AvgIpc) is 3.35. The summed E-state index contributed by atoms with van der Waals surface area (Å²) >= 11 is 1.23. The van der Waals surface area contributed by atoms with Crippen molar-refractivity contribution in [2.45, 2.75) is 72.0 Å². The van der Waals surface area contributed by atoms with Crippen LogP contribution < -0.4 is 24.8 Å². The highest BCUT2D eigenvalue weighted by molar-refractivity contribution is 7.11. The summed E-state index contributed by atoms with van der Waals surface area (Å²) in [6.45, 7) is 20.4. The monoisotopic (exact) mass is 601 g/mol. The van der Waals surface area contributed by atoms with Gasteiger partial charge in [0.15, 0.2) is 14.0 Å². The Kier molecular flexibility index (Phi) is 10.0. The van der Waals surface area contributed by atoms with Crippen molar-refractivity contribution < 1.29 is 23.4 Å². The van der Waals surface area contributed by atoms with Gasteiger partial charge in [-0.15, -0.1) is 0 Å². The molecule has 10 nitrogen and oxygen atoms in total. The molecule has 0 atom stereocenters. The predicted octanol–water partition coefficient (Wildman–Crippen LogP) is 7.03. The van der Waals surface area contributed by atoms with E-state index in [1.807, 2.05) is 19.1 Å². The van der Waals surface area contributed by atoms with Gasteiger partial charge in [-0.05, 0) is 47.7 Å². The van der Waals surface area contributed by atoms with E-state index >= 15 is 0 Å². The number of benzene rings is 1. The molecule has 224 valence electrons. The molecule has 0 radical (unpaired) electrons. The van der Waals surface area contributed by atoms with Crippen LogP contribution in [0.1, 0.15) is 63.2 Å². The van der Waals surface area contributed by atoms with Crippen molar-refractivity contribution in [3.8, 4) is 22.7 Å². The molecular formula is C29H43N5O5SSi. The van der Waals surface area contributed by atoms with Gasteiger partial charge in [-0.25, -0.2) is 0 Å². The minimum atomic E-state index is -1.86. The minimum Gasteiger partial charge on any atom is -0.479 e. The molecule has 1 aromatic carbocycles. The largest absolute Gasteiger partial charge is 0.479 e. The molecule has 0 aliphatic heterocycles. The number of hydrogen-bond acceptors (Lipinski definition) is 10. The van der Waals surface area contributed by atoms with E-state index in [1.54, 1.807) is 5.38 Å². The fourth-order valence-electron chi connectivity index (χ4n) is 3.44. The van der Waals surface area contributed by atoms with E-state index in [2.05, 4.69) is 86.3 Å².